The second-order valence-corrected chi connectivity index (χ2v) is 7.17. The van der Waals surface area contributed by atoms with Crippen LogP contribution in [-0.4, -0.2) is 16.4 Å². The van der Waals surface area contributed by atoms with E-state index in [1.807, 2.05) is 6.20 Å². The number of aromatic nitrogens is 2. The number of benzene rings is 1. The summed E-state index contributed by atoms with van der Waals surface area (Å²) in [6, 6.07) is 2.15. The zero-order valence-corrected chi connectivity index (χ0v) is 15.7. The number of ether oxygens (including phenoxy) is 1. The SMILES string of the molecule is CCC=C(C)CCc1c(Cl)c(C)cc2c1cnn2C1CCCCO1. The van der Waals surface area contributed by atoms with E-state index in [-0.39, 0.29) is 6.23 Å². The Kier molecular flexibility index (Phi) is 5.62. The van der Waals surface area contributed by atoms with Crippen molar-refractivity contribution < 1.29 is 4.74 Å². The van der Waals surface area contributed by atoms with Gasteiger partial charge in [0.1, 0.15) is 0 Å². The molecule has 0 radical (unpaired) electrons. The van der Waals surface area contributed by atoms with Gasteiger partial charge in [-0.3, -0.25) is 0 Å². The molecular weight excluding hydrogens is 320 g/mol. The molecule has 2 aromatic rings. The number of fused-ring (bicyclic) bond motifs is 1. The molecule has 1 aliphatic heterocycles. The first-order chi connectivity index (χ1) is 11.6. The van der Waals surface area contributed by atoms with E-state index in [9.17, 15) is 0 Å². The fourth-order valence-electron chi connectivity index (χ4n) is 3.54. The van der Waals surface area contributed by atoms with E-state index in [1.165, 1.54) is 22.9 Å². The Bertz CT molecular complexity index is 742. The van der Waals surface area contributed by atoms with Crippen LogP contribution < -0.4 is 0 Å². The fourth-order valence-corrected chi connectivity index (χ4v) is 3.79. The third-order valence-corrected chi connectivity index (χ3v) is 5.40. The van der Waals surface area contributed by atoms with Crippen LogP contribution in [0.15, 0.2) is 23.9 Å². The lowest BCUT2D eigenvalue weighted by molar-refractivity contribution is -0.0366. The maximum atomic E-state index is 6.64. The Balaban J connectivity index is 1.97. The summed E-state index contributed by atoms with van der Waals surface area (Å²) in [4.78, 5) is 0. The van der Waals surface area contributed by atoms with E-state index >= 15 is 0 Å². The van der Waals surface area contributed by atoms with Gasteiger partial charge in [-0.2, -0.15) is 5.10 Å². The molecule has 0 N–H and O–H groups in total. The number of allylic oxidation sites excluding steroid dienone is 2. The number of rotatable bonds is 5. The Morgan fingerprint density at radius 1 is 1.46 bits per heavy atom. The monoisotopic (exact) mass is 346 g/mol. The molecular formula is C20H27ClN2O. The van der Waals surface area contributed by atoms with Crippen LogP contribution in [-0.2, 0) is 11.2 Å². The molecule has 1 atom stereocenters. The summed E-state index contributed by atoms with van der Waals surface area (Å²) in [6.45, 7) is 7.28. The number of halogens is 1. The van der Waals surface area contributed by atoms with Gasteiger partial charge < -0.3 is 4.74 Å². The predicted molar refractivity (Wildman–Crippen MR) is 101 cm³/mol. The summed E-state index contributed by atoms with van der Waals surface area (Å²) in [7, 11) is 0. The number of hydrogen-bond donors (Lipinski definition) is 0. The minimum absolute atomic E-state index is 0.0615. The van der Waals surface area contributed by atoms with Crippen molar-refractivity contribution >= 4 is 22.5 Å². The van der Waals surface area contributed by atoms with Gasteiger partial charge in [0.25, 0.3) is 0 Å². The van der Waals surface area contributed by atoms with Gasteiger partial charge in [-0.25, -0.2) is 4.68 Å². The van der Waals surface area contributed by atoms with Crippen LogP contribution in [0.25, 0.3) is 10.9 Å². The van der Waals surface area contributed by atoms with E-state index < -0.39 is 0 Å². The maximum Gasteiger partial charge on any atom is 0.150 e. The highest BCUT2D eigenvalue weighted by atomic mass is 35.5. The molecule has 0 saturated carbocycles. The van der Waals surface area contributed by atoms with Gasteiger partial charge in [-0.05, 0) is 69.6 Å². The molecule has 1 saturated heterocycles. The van der Waals surface area contributed by atoms with Crippen LogP contribution in [0.2, 0.25) is 5.02 Å². The lowest BCUT2D eigenvalue weighted by Gasteiger charge is -2.23. The molecule has 1 aromatic carbocycles. The van der Waals surface area contributed by atoms with Crippen molar-refractivity contribution in [3.8, 4) is 0 Å². The van der Waals surface area contributed by atoms with Crippen molar-refractivity contribution in [1.82, 2.24) is 9.78 Å². The van der Waals surface area contributed by atoms with E-state index in [4.69, 9.17) is 16.3 Å². The summed E-state index contributed by atoms with van der Waals surface area (Å²) >= 11 is 6.64. The van der Waals surface area contributed by atoms with Crippen LogP contribution in [0, 0.1) is 6.92 Å². The lowest BCUT2D eigenvalue weighted by Crippen LogP contribution is -2.19. The molecule has 2 heterocycles. The first-order valence-corrected chi connectivity index (χ1v) is 9.42. The van der Waals surface area contributed by atoms with Gasteiger partial charge in [0, 0.05) is 17.0 Å². The quantitative estimate of drug-likeness (QED) is 0.622. The first kappa shape index (κ1) is 17.5. The van der Waals surface area contributed by atoms with Gasteiger partial charge in [0.05, 0.1) is 11.7 Å². The second-order valence-electron chi connectivity index (χ2n) is 6.79. The van der Waals surface area contributed by atoms with Crippen LogP contribution >= 0.6 is 11.6 Å². The van der Waals surface area contributed by atoms with Crippen molar-refractivity contribution in [3.05, 3.63) is 40.1 Å². The zero-order chi connectivity index (χ0) is 17.1. The van der Waals surface area contributed by atoms with Gasteiger partial charge in [0.15, 0.2) is 6.23 Å². The predicted octanol–water partition coefficient (Wildman–Crippen LogP) is 5.99. The van der Waals surface area contributed by atoms with Crippen LogP contribution in [0.4, 0.5) is 0 Å². The van der Waals surface area contributed by atoms with Crippen LogP contribution in [0.1, 0.15) is 63.3 Å². The minimum Gasteiger partial charge on any atom is -0.356 e. The molecule has 0 aliphatic carbocycles. The molecule has 0 spiro atoms. The van der Waals surface area contributed by atoms with Crippen molar-refractivity contribution in [2.45, 2.75) is 65.5 Å². The molecule has 1 aromatic heterocycles. The average Bonchev–Trinajstić information content (AvgIpc) is 2.99. The van der Waals surface area contributed by atoms with Gasteiger partial charge in [-0.1, -0.05) is 30.2 Å². The van der Waals surface area contributed by atoms with E-state index in [0.29, 0.717) is 0 Å². The van der Waals surface area contributed by atoms with Gasteiger partial charge >= 0.3 is 0 Å². The molecule has 1 unspecified atom stereocenters. The van der Waals surface area contributed by atoms with Crippen LogP contribution in [0.3, 0.4) is 0 Å². The fraction of sp³-hybridized carbons (Fsp3) is 0.550. The van der Waals surface area contributed by atoms with E-state index in [2.05, 4.69) is 42.7 Å². The smallest absolute Gasteiger partial charge is 0.150 e. The summed E-state index contributed by atoms with van der Waals surface area (Å²) in [5, 5.41) is 6.70. The largest absolute Gasteiger partial charge is 0.356 e. The third kappa shape index (κ3) is 3.52. The molecule has 130 valence electrons. The second kappa shape index (κ2) is 7.71. The molecule has 0 bridgehead atoms. The van der Waals surface area contributed by atoms with Crippen molar-refractivity contribution in [1.29, 1.82) is 0 Å². The molecule has 1 aliphatic rings. The standard InChI is InChI=1S/C20H27ClN2O/c1-4-7-14(2)9-10-16-17-13-22-23(19-8-5-6-11-24-19)18(17)12-15(3)20(16)21/h7,12-13,19H,4-6,8-11H2,1-3H3. The normalized spacial score (nSPS) is 19.2. The minimum atomic E-state index is 0.0615. The number of nitrogens with zero attached hydrogens (tertiary/aromatic N) is 2. The Morgan fingerprint density at radius 2 is 2.29 bits per heavy atom. The molecule has 0 amide bonds. The Labute approximate surface area is 149 Å². The zero-order valence-electron chi connectivity index (χ0n) is 14.9. The number of aryl methyl sites for hydroxylation is 2. The summed E-state index contributed by atoms with van der Waals surface area (Å²) in [6.07, 6.45) is 10.8. The average molecular weight is 347 g/mol. The van der Waals surface area contributed by atoms with Crippen LogP contribution in [0.5, 0.6) is 0 Å². The molecule has 4 heteroatoms. The lowest BCUT2D eigenvalue weighted by atomic mass is 9.99. The summed E-state index contributed by atoms with van der Waals surface area (Å²) in [5.74, 6) is 0. The number of hydrogen-bond acceptors (Lipinski definition) is 2. The molecule has 24 heavy (non-hydrogen) atoms. The van der Waals surface area contributed by atoms with E-state index in [1.54, 1.807) is 0 Å². The summed E-state index contributed by atoms with van der Waals surface area (Å²) < 4.78 is 7.98. The van der Waals surface area contributed by atoms with Gasteiger partial charge in [0.2, 0.25) is 0 Å². The highest BCUT2D eigenvalue weighted by Gasteiger charge is 2.21. The van der Waals surface area contributed by atoms with Crippen molar-refractivity contribution in [2.24, 2.45) is 0 Å². The highest BCUT2D eigenvalue weighted by Crippen LogP contribution is 2.34. The first-order valence-electron chi connectivity index (χ1n) is 9.04. The van der Waals surface area contributed by atoms with E-state index in [0.717, 1.165) is 54.8 Å². The van der Waals surface area contributed by atoms with Crippen molar-refractivity contribution in [2.75, 3.05) is 6.61 Å². The molecule has 3 rings (SSSR count). The summed E-state index contributed by atoms with van der Waals surface area (Å²) in [5.41, 5.74) is 4.91. The van der Waals surface area contributed by atoms with Crippen molar-refractivity contribution in [3.63, 3.8) is 0 Å². The Hall–Kier alpha value is -1.32. The molecule has 1 fully saturated rings. The topological polar surface area (TPSA) is 27.1 Å². The Morgan fingerprint density at radius 3 is 3.00 bits per heavy atom. The third-order valence-electron chi connectivity index (χ3n) is 4.87. The highest BCUT2D eigenvalue weighted by molar-refractivity contribution is 6.33. The van der Waals surface area contributed by atoms with Gasteiger partial charge in [-0.15, -0.1) is 0 Å². The molecule has 3 nitrogen and oxygen atoms in total. The maximum absolute atomic E-state index is 6.64.